The van der Waals surface area contributed by atoms with E-state index < -0.39 is 15.6 Å². The molecule has 7 nitrogen and oxygen atoms in total. The van der Waals surface area contributed by atoms with E-state index in [-0.39, 0.29) is 17.2 Å². The number of hydrogen-bond acceptors (Lipinski definition) is 5. The number of rotatable bonds is 6. The molecule has 1 fully saturated rings. The monoisotopic (exact) mass is 316 g/mol. The van der Waals surface area contributed by atoms with Crippen LogP contribution in [-0.4, -0.2) is 42.9 Å². The number of aromatic amines is 1. The van der Waals surface area contributed by atoms with Crippen molar-refractivity contribution in [1.82, 2.24) is 20.2 Å². The molecular weight excluding hydrogens is 292 g/mol. The predicted molar refractivity (Wildman–Crippen MR) is 79.3 cm³/mol. The van der Waals surface area contributed by atoms with Crippen LogP contribution in [0, 0.1) is 0 Å². The molecule has 2 atom stereocenters. The highest BCUT2D eigenvalue weighted by atomic mass is 32.2. The van der Waals surface area contributed by atoms with Crippen LogP contribution in [0.2, 0.25) is 0 Å². The number of nitrogens with one attached hydrogen (secondary N) is 3. The van der Waals surface area contributed by atoms with Gasteiger partial charge in [0.15, 0.2) is 5.03 Å². The van der Waals surface area contributed by atoms with Crippen molar-refractivity contribution >= 4 is 10.0 Å². The number of sulfonamides is 1. The number of aromatic nitrogens is 2. The van der Waals surface area contributed by atoms with Crippen molar-refractivity contribution in [3.63, 3.8) is 0 Å². The maximum Gasteiger partial charge on any atom is 0.258 e. The van der Waals surface area contributed by atoms with E-state index in [0.29, 0.717) is 25.1 Å². The first kappa shape index (κ1) is 16.4. The van der Waals surface area contributed by atoms with Gasteiger partial charge in [-0.05, 0) is 20.3 Å². The molecule has 21 heavy (non-hydrogen) atoms. The van der Waals surface area contributed by atoms with Crippen molar-refractivity contribution in [3.8, 4) is 0 Å². The number of H-pyrrole nitrogens is 1. The van der Waals surface area contributed by atoms with E-state index in [1.165, 1.54) is 0 Å². The minimum absolute atomic E-state index is 0.121. The molecule has 0 saturated carbocycles. The first-order valence-electron chi connectivity index (χ1n) is 7.16. The Morgan fingerprint density at radius 3 is 2.86 bits per heavy atom. The molecule has 0 bridgehead atoms. The summed E-state index contributed by atoms with van der Waals surface area (Å²) in [4.78, 5) is 0. The highest BCUT2D eigenvalue weighted by Crippen LogP contribution is 2.27. The van der Waals surface area contributed by atoms with Crippen molar-refractivity contribution in [3.05, 3.63) is 11.8 Å². The molecule has 0 radical (unpaired) electrons. The van der Waals surface area contributed by atoms with Gasteiger partial charge >= 0.3 is 0 Å². The molecule has 120 valence electrons. The summed E-state index contributed by atoms with van der Waals surface area (Å²) in [5.74, 6) is 0. The Morgan fingerprint density at radius 2 is 2.29 bits per heavy atom. The topological polar surface area (TPSA) is 96.1 Å². The molecule has 0 aliphatic carbocycles. The van der Waals surface area contributed by atoms with Crippen LogP contribution >= 0.6 is 0 Å². The van der Waals surface area contributed by atoms with Gasteiger partial charge in [0.25, 0.3) is 10.0 Å². The Hall–Kier alpha value is -0.960. The number of ether oxygens (including phenoxy) is 1. The average molecular weight is 316 g/mol. The van der Waals surface area contributed by atoms with Crippen LogP contribution in [-0.2, 0) is 21.3 Å². The fourth-order valence-electron chi connectivity index (χ4n) is 2.30. The number of hydrogen-bond donors (Lipinski definition) is 3. The quantitative estimate of drug-likeness (QED) is 0.720. The Morgan fingerprint density at radius 1 is 1.57 bits per heavy atom. The molecule has 1 aromatic rings. The summed E-state index contributed by atoms with van der Waals surface area (Å²) in [7, 11) is -3.66. The Balaban J connectivity index is 2.18. The minimum Gasteiger partial charge on any atom is -0.376 e. The van der Waals surface area contributed by atoms with Gasteiger partial charge in [-0.2, -0.15) is 5.10 Å². The zero-order chi connectivity index (χ0) is 15.7. The van der Waals surface area contributed by atoms with Crippen molar-refractivity contribution in [2.24, 2.45) is 0 Å². The number of nitrogens with zero attached hydrogens (tertiary/aromatic N) is 1. The summed E-state index contributed by atoms with van der Waals surface area (Å²) in [5, 5.41) is 9.78. The van der Waals surface area contributed by atoms with E-state index in [1.807, 2.05) is 27.7 Å². The van der Waals surface area contributed by atoms with Crippen LogP contribution in [0.5, 0.6) is 0 Å². The van der Waals surface area contributed by atoms with Crippen LogP contribution in [0.15, 0.2) is 11.2 Å². The molecule has 8 heteroatoms. The van der Waals surface area contributed by atoms with E-state index in [4.69, 9.17) is 4.74 Å². The van der Waals surface area contributed by atoms with E-state index in [0.717, 1.165) is 0 Å². The van der Waals surface area contributed by atoms with Gasteiger partial charge in [0.2, 0.25) is 0 Å². The highest BCUT2D eigenvalue weighted by molar-refractivity contribution is 7.89. The summed E-state index contributed by atoms with van der Waals surface area (Å²) in [6.45, 7) is 8.77. The van der Waals surface area contributed by atoms with E-state index >= 15 is 0 Å². The fraction of sp³-hybridized carbons (Fsp3) is 0.769. The largest absolute Gasteiger partial charge is 0.376 e. The van der Waals surface area contributed by atoms with Crippen LogP contribution in [0.3, 0.4) is 0 Å². The summed E-state index contributed by atoms with van der Waals surface area (Å²) in [6, 6.07) is 0.268. The van der Waals surface area contributed by atoms with E-state index in [1.54, 1.807) is 6.20 Å². The molecule has 3 N–H and O–H groups in total. The van der Waals surface area contributed by atoms with Gasteiger partial charge in [-0.1, -0.05) is 13.8 Å². The van der Waals surface area contributed by atoms with Crippen LogP contribution in [0.25, 0.3) is 0 Å². The maximum absolute atomic E-state index is 12.6. The van der Waals surface area contributed by atoms with Gasteiger partial charge in [-0.25, -0.2) is 13.1 Å². The van der Waals surface area contributed by atoms with Crippen LogP contribution < -0.4 is 10.0 Å². The molecule has 1 aromatic heterocycles. The van der Waals surface area contributed by atoms with Gasteiger partial charge in [0, 0.05) is 24.8 Å². The SMILES string of the molecule is CC(C)NCc1cn[nH]c1S(=O)(=O)NC1(C)CCOC1C. The fourth-order valence-corrected chi connectivity index (χ4v) is 3.93. The lowest BCUT2D eigenvalue weighted by molar-refractivity contribution is 0.0957. The van der Waals surface area contributed by atoms with Gasteiger partial charge in [0.05, 0.1) is 17.8 Å². The standard InChI is InChI=1S/C13H24N4O3S/c1-9(2)14-7-11-8-15-16-12(11)21(18,19)17-13(4)5-6-20-10(13)3/h8-10,14,17H,5-7H2,1-4H3,(H,15,16). The third-order valence-electron chi connectivity index (χ3n) is 3.90. The van der Waals surface area contributed by atoms with Gasteiger partial charge in [-0.3, -0.25) is 5.10 Å². The van der Waals surface area contributed by atoms with Gasteiger partial charge in [-0.15, -0.1) is 0 Å². The van der Waals surface area contributed by atoms with Crippen molar-refractivity contribution in [1.29, 1.82) is 0 Å². The Kier molecular flexibility index (Phi) is 4.72. The smallest absolute Gasteiger partial charge is 0.258 e. The molecule has 0 aromatic carbocycles. The average Bonchev–Trinajstić information content (AvgIpc) is 2.95. The third-order valence-corrected chi connectivity index (χ3v) is 5.53. The van der Waals surface area contributed by atoms with E-state index in [9.17, 15) is 8.42 Å². The zero-order valence-corrected chi connectivity index (χ0v) is 13.8. The minimum atomic E-state index is -3.66. The molecule has 1 aliphatic heterocycles. The molecular formula is C13H24N4O3S. The third kappa shape index (κ3) is 3.63. The second-order valence-electron chi connectivity index (χ2n) is 6.05. The molecule has 1 aliphatic rings. The summed E-state index contributed by atoms with van der Waals surface area (Å²) in [5.41, 5.74) is 0.0403. The molecule has 0 spiro atoms. The van der Waals surface area contributed by atoms with Crippen LogP contribution in [0.4, 0.5) is 0 Å². The van der Waals surface area contributed by atoms with Crippen molar-refractivity contribution in [2.75, 3.05) is 6.61 Å². The van der Waals surface area contributed by atoms with Crippen LogP contribution in [0.1, 0.15) is 39.7 Å². The lowest BCUT2D eigenvalue weighted by Gasteiger charge is -2.28. The molecule has 2 heterocycles. The highest BCUT2D eigenvalue weighted by Gasteiger charge is 2.41. The van der Waals surface area contributed by atoms with Gasteiger partial charge in [0.1, 0.15) is 0 Å². The first-order chi connectivity index (χ1) is 9.74. The van der Waals surface area contributed by atoms with E-state index in [2.05, 4.69) is 20.2 Å². The maximum atomic E-state index is 12.6. The molecule has 1 saturated heterocycles. The van der Waals surface area contributed by atoms with Crippen molar-refractivity contribution in [2.45, 2.75) is 63.4 Å². The molecule has 2 unspecified atom stereocenters. The van der Waals surface area contributed by atoms with Crippen molar-refractivity contribution < 1.29 is 13.2 Å². The lowest BCUT2D eigenvalue weighted by atomic mass is 9.97. The lowest BCUT2D eigenvalue weighted by Crippen LogP contribution is -2.50. The summed E-state index contributed by atoms with van der Waals surface area (Å²) < 4.78 is 33.4. The second-order valence-corrected chi connectivity index (χ2v) is 7.67. The first-order valence-corrected chi connectivity index (χ1v) is 8.64. The summed E-state index contributed by atoms with van der Waals surface area (Å²) in [6.07, 6.45) is 2.04. The predicted octanol–water partition coefficient (Wildman–Crippen LogP) is 0.754. The molecule has 2 rings (SSSR count). The second kappa shape index (κ2) is 6.04. The van der Waals surface area contributed by atoms with Gasteiger partial charge < -0.3 is 10.1 Å². The zero-order valence-electron chi connectivity index (χ0n) is 12.9. The Bertz CT molecular complexity index is 584. The Labute approximate surface area is 125 Å². The molecule has 0 amide bonds. The summed E-state index contributed by atoms with van der Waals surface area (Å²) >= 11 is 0. The normalized spacial score (nSPS) is 26.6.